The molecule has 0 saturated carbocycles. The van der Waals surface area contributed by atoms with Gasteiger partial charge in [-0.15, -0.1) is 0 Å². The van der Waals surface area contributed by atoms with Crippen LogP contribution >= 0.6 is 0 Å². The molecule has 0 radical (unpaired) electrons. The highest BCUT2D eigenvalue weighted by Gasteiger charge is 2.28. The van der Waals surface area contributed by atoms with Crippen LogP contribution in [0.5, 0.6) is 0 Å². The van der Waals surface area contributed by atoms with E-state index in [2.05, 4.69) is 22.0 Å². The van der Waals surface area contributed by atoms with Crippen LogP contribution in [0.4, 0.5) is 0 Å². The fourth-order valence-corrected chi connectivity index (χ4v) is 4.71. The molecule has 1 unspecified atom stereocenters. The largest absolute Gasteiger partial charge is 0.316 e. The van der Waals surface area contributed by atoms with Crippen LogP contribution in [0.1, 0.15) is 42.5 Å². The first-order valence-corrected chi connectivity index (χ1v) is 8.84. The monoisotopic (exact) mass is 283 g/mol. The number of hydrogen-bond acceptors (Lipinski definition) is 4. The molecule has 1 aromatic heterocycles. The van der Waals surface area contributed by atoms with Gasteiger partial charge in [0.05, 0.1) is 23.7 Å². The molecule has 3 rings (SSSR count). The Labute approximate surface area is 114 Å². The van der Waals surface area contributed by atoms with E-state index in [1.807, 2.05) is 6.20 Å². The lowest BCUT2D eigenvalue weighted by Gasteiger charge is -2.24. The molecule has 2 saturated heterocycles. The molecule has 106 valence electrons. The quantitative estimate of drug-likeness (QED) is 0.880. The summed E-state index contributed by atoms with van der Waals surface area (Å²) in [4.78, 5) is 0. The predicted molar refractivity (Wildman–Crippen MR) is 74.1 cm³/mol. The van der Waals surface area contributed by atoms with Crippen molar-refractivity contribution in [1.82, 2.24) is 15.1 Å². The SMILES string of the molecule is Cc1c(C2CCNC2)cnn1C1CCS(=O)(=O)CC1. The van der Waals surface area contributed by atoms with Gasteiger partial charge in [0.25, 0.3) is 0 Å². The van der Waals surface area contributed by atoms with E-state index in [4.69, 9.17) is 0 Å². The average molecular weight is 283 g/mol. The van der Waals surface area contributed by atoms with Gasteiger partial charge in [0, 0.05) is 18.2 Å². The van der Waals surface area contributed by atoms with E-state index in [0.29, 0.717) is 30.3 Å². The molecule has 2 aliphatic rings. The normalized spacial score (nSPS) is 27.7. The zero-order chi connectivity index (χ0) is 13.5. The first-order chi connectivity index (χ1) is 9.07. The van der Waals surface area contributed by atoms with Crippen molar-refractivity contribution in [1.29, 1.82) is 0 Å². The van der Waals surface area contributed by atoms with Gasteiger partial charge in [-0.3, -0.25) is 4.68 Å². The highest BCUT2D eigenvalue weighted by Crippen LogP contribution is 2.30. The minimum atomic E-state index is -2.80. The van der Waals surface area contributed by atoms with Gasteiger partial charge >= 0.3 is 0 Å². The van der Waals surface area contributed by atoms with Gasteiger partial charge in [0.2, 0.25) is 0 Å². The second kappa shape index (κ2) is 4.90. The first kappa shape index (κ1) is 13.1. The maximum Gasteiger partial charge on any atom is 0.150 e. The number of nitrogens with zero attached hydrogens (tertiary/aromatic N) is 2. The molecule has 19 heavy (non-hydrogen) atoms. The smallest absolute Gasteiger partial charge is 0.150 e. The number of nitrogens with one attached hydrogen (secondary N) is 1. The Bertz CT molecular complexity index is 544. The van der Waals surface area contributed by atoms with Crippen molar-refractivity contribution in [2.75, 3.05) is 24.6 Å². The van der Waals surface area contributed by atoms with Gasteiger partial charge in [-0.05, 0) is 38.3 Å². The lowest BCUT2D eigenvalue weighted by Crippen LogP contribution is -2.26. The third kappa shape index (κ3) is 2.56. The van der Waals surface area contributed by atoms with E-state index in [9.17, 15) is 8.42 Å². The molecule has 2 aliphatic heterocycles. The van der Waals surface area contributed by atoms with Gasteiger partial charge in [-0.2, -0.15) is 5.10 Å². The Morgan fingerprint density at radius 3 is 2.68 bits per heavy atom. The second-order valence-corrected chi connectivity index (χ2v) is 8.01. The van der Waals surface area contributed by atoms with Crippen molar-refractivity contribution in [2.24, 2.45) is 0 Å². The van der Waals surface area contributed by atoms with Crippen LogP contribution in [0.3, 0.4) is 0 Å². The summed E-state index contributed by atoms with van der Waals surface area (Å²) in [7, 11) is -2.80. The molecule has 1 N–H and O–H groups in total. The summed E-state index contributed by atoms with van der Waals surface area (Å²) in [5.41, 5.74) is 2.55. The standard InChI is InChI=1S/C13H21N3O2S/c1-10-13(11-2-5-14-8-11)9-15-16(10)12-3-6-19(17,18)7-4-12/h9,11-12,14H,2-8H2,1H3. The van der Waals surface area contributed by atoms with Crippen LogP contribution in [0.15, 0.2) is 6.20 Å². The molecule has 1 aromatic rings. The minimum Gasteiger partial charge on any atom is -0.316 e. The van der Waals surface area contributed by atoms with Crippen LogP contribution in [0, 0.1) is 6.92 Å². The molecule has 0 aliphatic carbocycles. The molecule has 0 bridgehead atoms. The van der Waals surface area contributed by atoms with E-state index < -0.39 is 9.84 Å². The van der Waals surface area contributed by atoms with Crippen LogP contribution < -0.4 is 5.32 Å². The van der Waals surface area contributed by atoms with Crippen molar-refractivity contribution in [3.8, 4) is 0 Å². The fourth-order valence-electron chi connectivity index (χ4n) is 3.25. The van der Waals surface area contributed by atoms with Gasteiger partial charge in [0.15, 0.2) is 0 Å². The van der Waals surface area contributed by atoms with Crippen molar-refractivity contribution < 1.29 is 8.42 Å². The minimum absolute atomic E-state index is 0.256. The molecule has 6 heteroatoms. The second-order valence-electron chi connectivity index (χ2n) is 5.70. The molecular formula is C13H21N3O2S. The van der Waals surface area contributed by atoms with E-state index >= 15 is 0 Å². The van der Waals surface area contributed by atoms with Gasteiger partial charge in [0.1, 0.15) is 9.84 Å². The summed E-state index contributed by atoms with van der Waals surface area (Å²) < 4.78 is 25.0. The van der Waals surface area contributed by atoms with Crippen LogP contribution in [0.25, 0.3) is 0 Å². The molecule has 0 spiro atoms. The zero-order valence-corrected chi connectivity index (χ0v) is 12.1. The Kier molecular flexibility index (Phi) is 3.39. The summed E-state index contributed by atoms with van der Waals surface area (Å²) in [6, 6.07) is 0.256. The third-order valence-corrected chi connectivity index (χ3v) is 6.17. The fraction of sp³-hybridized carbons (Fsp3) is 0.769. The van der Waals surface area contributed by atoms with Gasteiger partial charge in [-0.25, -0.2) is 8.42 Å². The first-order valence-electron chi connectivity index (χ1n) is 7.02. The Morgan fingerprint density at radius 2 is 2.05 bits per heavy atom. The summed E-state index contributed by atoms with van der Waals surface area (Å²) in [6.07, 6.45) is 4.56. The van der Waals surface area contributed by atoms with Crippen molar-refractivity contribution in [3.05, 3.63) is 17.5 Å². The predicted octanol–water partition coefficient (Wildman–Crippen LogP) is 1.02. The molecule has 0 aromatic carbocycles. The molecule has 2 fully saturated rings. The molecular weight excluding hydrogens is 262 g/mol. The van der Waals surface area contributed by atoms with Crippen LogP contribution in [0.2, 0.25) is 0 Å². The van der Waals surface area contributed by atoms with E-state index in [1.54, 1.807) is 0 Å². The van der Waals surface area contributed by atoms with E-state index in [1.165, 1.54) is 17.7 Å². The highest BCUT2D eigenvalue weighted by atomic mass is 32.2. The maximum absolute atomic E-state index is 11.5. The third-order valence-electron chi connectivity index (χ3n) is 4.45. The summed E-state index contributed by atoms with van der Waals surface area (Å²) in [5.74, 6) is 1.18. The molecule has 0 amide bonds. The zero-order valence-electron chi connectivity index (χ0n) is 11.3. The lowest BCUT2D eigenvalue weighted by atomic mass is 9.99. The van der Waals surface area contributed by atoms with Crippen molar-refractivity contribution >= 4 is 9.84 Å². The summed E-state index contributed by atoms with van der Waals surface area (Å²) in [5, 5.41) is 7.91. The average Bonchev–Trinajstić information content (AvgIpc) is 2.99. The summed E-state index contributed by atoms with van der Waals surface area (Å²) in [6.45, 7) is 4.23. The number of aromatic nitrogens is 2. The Morgan fingerprint density at radius 1 is 1.32 bits per heavy atom. The van der Waals surface area contributed by atoms with Gasteiger partial charge < -0.3 is 5.32 Å². The molecule has 5 nitrogen and oxygen atoms in total. The molecule has 3 heterocycles. The van der Waals surface area contributed by atoms with E-state index in [-0.39, 0.29) is 6.04 Å². The highest BCUT2D eigenvalue weighted by molar-refractivity contribution is 7.91. The van der Waals surface area contributed by atoms with Gasteiger partial charge in [-0.1, -0.05) is 0 Å². The summed E-state index contributed by atoms with van der Waals surface area (Å²) >= 11 is 0. The maximum atomic E-state index is 11.5. The topological polar surface area (TPSA) is 64.0 Å². The lowest BCUT2D eigenvalue weighted by molar-refractivity contribution is 0.405. The van der Waals surface area contributed by atoms with Crippen LogP contribution in [-0.4, -0.2) is 42.8 Å². The number of rotatable bonds is 2. The van der Waals surface area contributed by atoms with Crippen LogP contribution in [-0.2, 0) is 9.84 Å². The van der Waals surface area contributed by atoms with E-state index in [0.717, 1.165) is 13.1 Å². The van der Waals surface area contributed by atoms with Crippen molar-refractivity contribution in [3.63, 3.8) is 0 Å². The van der Waals surface area contributed by atoms with Crippen molar-refractivity contribution in [2.45, 2.75) is 38.1 Å². The number of hydrogen-bond donors (Lipinski definition) is 1. The Hall–Kier alpha value is -0.880. The molecule has 1 atom stereocenters. The Balaban J connectivity index is 1.78. The number of sulfone groups is 1.